The van der Waals surface area contributed by atoms with Gasteiger partial charge >= 0.3 is 5.69 Å². The molecule has 0 saturated carbocycles. The summed E-state index contributed by atoms with van der Waals surface area (Å²) in [5.74, 6) is 4.61. The van der Waals surface area contributed by atoms with Crippen LogP contribution in [-0.4, -0.2) is 9.91 Å². The summed E-state index contributed by atoms with van der Waals surface area (Å²) in [7, 11) is 0. The van der Waals surface area contributed by atoms with Crippen molar-refractivity contribution < 1.29 is 14.1 Å². The quantitative estimate of drug-likeness (QED) is 0.503. The lowest BCUT2D eigenvalue weighted by atomic mass is 10.3. The number of hydrogen-bond acceptors (Lipinski definition) is 6. The zero-order valence-corrected chi connectivity index (χ0v) is 11.4. The summed E-state index contributed by atoms with van der Waals surface area (Å²) in [5.41, 5.74) is 1.92. The van der Waals surface area contributed by atoms with Crippen molar-refractivity contribution in [3.8, 4) is 11.6 Å². The van der Waals surface area contributed by atoms with Crippen LogP contribution in [0, 0.1) is 15.9 Å². The minimum absolute atomic E-state index is 0.0260. The van der Waals surface area contributed by atoms with Crippen molar-refractivity contribution in [2.45, 2.75) is 0 Å². The van der Waals surface area contributed by atoms with Crippen LogP contribution in [0.3, 0.4) is 0 Å². The van der Waals surface area contributed by atoms with E-state index in [1.54, 1.807) is 12.1 Å². The molecule has 1 aromatic carbocycles. The van der Waals surface area contributed by atoms with Crippen LogP contribution in [0.1, 0.15) is 0 Å². The van der Waals surface area contributed by atoms with Crippen LogP contribution in [0.5, 0.6) is 11.6 Å². The van der Waals surface area contributed by atoms with Gasteiger partial charge in [-0.2, -0.15) is 4.98 Å². The molecule has 1 aromatic heterocycles. The highest BCUT2D eigenvalue weighted by Gasteiger charge is 2.20. The molecule has 0 aliphatic heterocycles. The van der Waals surface area contributed by atoms with Gasteiger partial charge in [0.25, 0.3) is 0 Å². The fourth-order valence-corrected chi connectivity index (χ4v) is 1.74. The number of nitro groups is 1. The number of nitrogens with one attached hydrogen (secondary N) is 1. The maximum Gasteiger partial charge on any atom is 0.312 e. The van der Waals surface area contributed by atoms with Gasteiger partial charge in [0.1, 0.15) is 11.6 Å². The molecule has 0 aliphatic carbocycles. The number of nitrogen functional groups attached to an aromatic ring is 1. The third-order valence-electron chi connectivity index (χ3n) is 2.28. The minimum Gasteiger partial charge on any atom is -0.432 e. The Morgan fingerprint density at radius 3 is 2.85 bits per heavy atom. The molecule has 0 aliphatic rings. The predicted molar refractivity (Wildman–Crippen MR) is 72.9 cm³/mol. The van der Waals surface area contributed by atoms with Crippen LogP contribution in [0.25, 0.3) is 0 Å². The average Bonchev–Trinajstić information content (AvgIpc) is 2.42. The van der Waals surface area contributed by atoms with Gasteiger partial charge in [0, 0.05) is 18.2 Å². The molecule has 104 valence electrons. The van der Waals surface area contributed by atoms with E-state index in [1.807, 2.05) is 0 Å². The molecule has 0 atom stereocenters. The Labute approximate surface area is 120 Å². The molecule has 3 N–H and O–H groups in total. The molecule has 20 heavy (non-hydrogen) atoms. The van der Waals surface area contributed by atoms with Crippen molar-refractivity contribution in [3.05, 3.63) is 50.7 Å². The first-order valence-electron chi connectivity index (χ1n) is 5.26. The van der Waals surface area contributed by atoms with E-state index in [9.17, 15) is 14.5 Å². The Hall–Kier alpha value is -2.26. The number of nitrogens with zero attached hydrogens (tertiary/aromatic N) is 2. The number of benzene rings is 1. The molecule has 0 spiro atoms. The van der Waals surface area contributed by atoms with Gasteiger partial charge in [-0.1, -0.05) is 6.07 Å². The molecule has 2 rings (SSSR count). The van der Waals surface area contributed by atoms with E-state index in [4.69, 9.17) is 10.6 Å². The highest BCUT2D eigenvalue weighted by atomic mass is 79.9. The van der Waals surface area contributed by atoms with Gasteiger partial charge in [0.15, 0.2) is 0 Å². The van der Waals surface area contributed by atoms with E-state index in [-0.39, 0.29) is 21.8 Å². The number of nitro benzene ring substituents is 1. The molecule has 7 nitrogen and oxygen atoms in total. The van der Waals surface area contributed by atoms with Crippen LogP contribution in [0.4, 0.5) is 15.9 Å². The Kier molecular flexibility index (Phi) is 4.11. The van der Waals surface area contributed by atoms with Gasteiger partial charge in [0.05, 0.1) is 9.40 Å². The first-order chi connectivity index (χ1) is 9.51. The normalized spacial score (nSPS) is 10.2. The van der Waals surface area contributed by atoms with Crippen molar-refractivity contribution in [2.75, 3.05) is 5.43 Å². The van der Waals surface area contributed by atoms with Crippen molar-refractivity contribution >= 4 is 27.4 Å². The lowest BCUT2D eigenvalue weighted by molar-refractivity contribution is -0.385. The molecule has 0 fully saturated rings. The van der Waals surface area contributed by atoms with Crippen LogP contribution in [-0.2, 0) is 0 Å². The molecular weight excluding hydrogens is 335 g/mol. The SMILES string of the molecule is NNc1cccc(Oc2cc(F)c(Br)cc2[N+](=O)[O-])n1. The van der Waals surface area contributed by atoms with Gasteiger partial charge in [0.2, 0.25) is 11.6 Å². The average molecular weight is 343 g/mol. The molecule has 0 unspecified atom stereocenters. The number of aromatic nitrogens is 1. The van der Waals surface area contributed by atoms with Crippen LogP contribution in [0.2, 0.25) is 0 Å². The van der Waals surface area contributed by atoms with Gasteiger partial charge < -0.3 is 10.2 Å². The second-order valence-electron chi connectivity index (χ2n) is 3.60. The number of ether oxygens (including phenoxy) is 1. The Morgan fingerprint density at radius 2 is 2.20 bits per heavy atom. The van der Waals surface area contributed by atoms with Gasteiger partial charge in [-0.15, -0.1) is 0 Å². The van der Waals surface area contributed by atoms with E-state index in [0.29, 0.717) is 5.82 Å². The number of pyridine rings is 1. The van der Waals surface area contributed by atoms with Crippen LogP contribution < -0.4 is 16.0 Å². The van der Waals surface area contributed by atoms with E-state index < -0.39 is 10.7 Å². The molecule has 2 aromatic rings. The maximum absolute atomic E-state index is 13.5. The maximum atomic E-state index is 13.5. The molecule has 0 amide bonds. The third kappa shape index (κ3) is 3.00. The third-order valence-corrected chi connectivity index (χ3v) is 2.89. The predicted octanol–water partition coefficient (Wildman–Crippen LogP) is 2.97. The minimum atomic E-state index is -0.682. The van der Waals surface area contributed by atoms with Crippen molar-refractivity contribution in [2.24, 2.45) is 5.84 Å². The number of anilines is 1. The smallest absolute Gasteiger partial charge is 0.312 e. The van der Waals surface area contributed by atoms with Crippen LogP contribution in [0.15, 0.2) is 34.8 Å². The standard InChI is InChI=1S/C11H8BrFN4O3/c12-6-4-8(17(18)19)9(5-7(6)13)20-11-3-1-2-10(15-11)16-14/h1-5H,14H2,(H,15,16). The van der Waals surface area contributed by atoms with E-state index in [2.05, 4.69) is 26.3 Å². The van der Waals surface area contributed by atoms with Gasteiger partial charge in [-0.25, -0.2) is 10.2 Å². The molecular formula is C11H8BrFN4O3. The monoisotopic (exact) mass is 342 g/mol. The fourth-order valence-electron chi connectivity index (χ4n) is 1.41. The summed E-state index contributed by atoms with van der Waals surface area (Å²) in [4.78, 5) is 14.2. The molecule has 1 heterocycles. The number of hydrogen-bond donors (Lipinski definition) is 2. The van der Waals surface area contributed by atoms with Crippen molar-refractivity contribution in [1.82, 2.24) is 4.98 Å². The number of nitrogens with two attached hydrogens (primary N) is 1. The summed E-state index contributed by atoms with van der Waals surface area (Å²) >= 11 is 2.88. The van der Waals surface area contributed by atoms with E-state index in [0.717, 1.165) is 12.1 Å². The molecule has 0 saturated heterocycles. The summed E-state index contributed by atoms with van der Waals surface area (Å²) in [6.07, 6.45) is 0. The van der Waals surface area contributed by atoms with Gasteiger partial charge in [-0.05, 0) is 22.0 Å². The zero-order chi connectivity index (χ0) is 14.7. The Morgan fingerprint density at radius 1 is 1.45 bits per heavy atom. The summed E-state index contributed by atoms with van der Waals surface area (Å²) < 4.78 is 18.7. The van der Waals surface area contributed by atoms with Crippen molar-refractivity contribution in [3.63, 3.8) is 0 Å². The van der Waals surface area contributed by atoms with E-state index >= 15 is 0 Å². The Bertz CT molecular complexity index is 668. The summed E-state index contributed by atoms with van der Waals surface area (Å²) in [6, 6.07) is 6.55. The number of hydrazine groups is 1. The van der Waals surface area contributed by atoms with E-state index in [1.165, 1.54) is 6.07 Å². The van der Waals surface area contributed by atoms with Crippen LogP contribution >= 0.6 is 15.9 Å². The highest BCUT2D eigenvalue weighted by molar-refractivity contribution is 9.10. The topological polar surface area (TPSA) is 103 Å². The molecule has 9 heteroatoms. The number of rotatable bonds is 4. The largest absolute Gasteiger partial charge is 0.432 e. The lowest BCUT2D eigenvalue weighted by Gasteiger charge is -2.07. The second-order valence-corrected chi connectivity index (χ2v) is 4.45. The first-order valence-corrected chi connectivity index (χ1v) is 6.05. The molecule has 0 bridgehead atoms. The fraction of sp³-hybridized carbons (Fsp3) is 0. The first kappa shape index (κ1) is 14.2. The zero-order valence-electron chi connectivity index (χ0n) is 9.84. The van der Waals surface area contributed by atoms with Gasteiger partial charge in [-0.3, -0.25) is 10.1 Å². The lowest BCUT2D eigenvalue weighted by Crippen LogP contribution is -2.08. The summed E-state index contributed by atoms with van der Waals surface area (Å²) in [5, 5.41) is 10.9. The second kappa shape index (κ2) is 5.80. The van der Waals surface area contributed by atoms with Crippen molar-refractivity contribution in [1.29, 1.82) is 0 Å². The number of halogens is 2. The highest BCUT2D eigenvalue weighted by Crippen LogP contribution is 2.35. The summed E-state index contributed by atoms with van der Waals surface area (Å²) in [6.45, 7) is 0. The Balaban J connectivity index is 2.41. The molecule has 0 radical (unpaired) electrons.